The Morgan fingerprint density at radius 1 is 1.53 bits per heavy atom. The van der Waals surface area contributed by atoms with Gasteiger partial charge in [-0.2, -0.15) is 0 Å². The van der Waals surface area contributed by atoms with E-state index in [0.29, 0.717) is 15.2 Å². The standard InChI is InChI=1S/C10H10N4O3S2/c1-3-17-8(16)7-13-14-10(18-7)19-9-11-5(2)4-6(15)12-9/h4H,3H2,1-2H3,(H,11,12,15). The fraction of sp³-hybridized carbons (Fsp3) is 0.300. The van der Waals surface area contributed by atoms with E-state index in [1.807, 2.05) is 0 Å². The van der Waals surface area contributed by atoms with Crippen LogP contribution in [0.1, 0.15) is 22.4 Å². The minimum absolute atomic E-state index is 0.180. The molecular weight excluding hydrogens is 288 g/mol. The molecule has 0 bridgehead atoms. The zero-order valence-corrected chi connectivity index (χ0v) is 11.8. The molecule has 2 aromatic rings. The number of carbonyl (C=O) groups is 1. The maximum Gasteiger partial charge on any atom is 0.369 e. The van der Waals surface area contributed by atoms with Crippen molar-refractivity contribution in [2.24, 2.45) is 0 Å². The van der Waals surface area contributed by atoms with E-state index in [0.717, 1.165) is 23.1 Å². The Morgan fingerprint density at radius 2 is 2.32 bits per heavy atom. The highest BCUT2D eigenvalue weighted by Crippen LogP contribution is 2.27. The molecule has 0 aliphatic carbocycles. The molecule has 0 radical (unpaired) electrons. The van der Waals surface area contributed by atoms with E-state index in [1.54, 1.807) is 13.8 Å². The molecule has 0 saturated heterocycles. The van der Waals surface area contributed by atoms with Crippen molar-refractivity contribution in [2.45, 2.75) is 23.3 Å². The van der Waals surface area contributed by atoms with Crippen molar-refractivity contribution in [3.8, 4) is 0 Å². The topological polar surface area (TPSA) is 97.8 Å². The summed E-state index contributed by atoms with van der Waals surface area (Å²) in [6.45, 7) is 3.73. The third-order valence-electron chi connectivity index (χ3n) is 1.89. The van der Waals surface area contributed by atoms with E-state index in [-0.39, 0.29) is 17.2 Å². The van der Waals surface area contributed by atoms with Crippen LogP contribution in [0.15, 0.2) is 20.4 Å². The zero-order valence-electron chi connectivity index (χ0n) is 10.2. The highest BCUT2D eigenvalue weighted by molar-refractivity contribution is 8.00. The fourth-order valence-electron chi connectivity index (χ4n) is 1.21. The van der Waals surface area contributed by atoms with Crippen molar-refractivity contribution < 1.29 is 9.53 Å². The minimum atomic E-state index is -0.502. The number of hydrogen-bond acceptors (Lipinski definition) is 8. The van der Waals surface area contributed by atoms with Gasteiger partial charge in [-0.15, -0.1) is 10.2 Å². The van der Waals surface area contributed by atoms with Crippen LogP contribution in [0.5, 0.6) is 0 Å². The largest absolute Gasteiger partial charge is 0.461 e. The van der Waals surface area contributed by atoms with Gasteiger partial charge in [-0.1, -0.05) is 11.3 Å². The van der Waals surface area contributed by atoms with E-state index >= 15 is 0 Å². The van der Waals surface area contributed by atoms with Crippen LogP contribution in [-0.4, -0.2) is 32.7 Å². The first-order valence-electron chi connectivity index (χ1n) is 5.35. The summed E-state index contributed by atoms with van der Waals surface area (Å²) in [5.74, 6) is -0.502. The summed E-state index contributed by atoms with van der Waals surface area (Å²) in [6.07, 6.45) is 0. The van der Waals surface area contributed by atoms with E-state index in [2.05, 4.69) is 20.2 Å². The monoisotopic (exact) mass is 298 g/mol. The van der Waals surface area contributed by atoms with Gasteiger partial charge in [0.2, 0.25) is 5.01 Å². The lowest BCUT2D eigenvalue weighted by atomic mass is 10.5. The Morgan fingerprint density at radius 3 is 3.00 bits per heavy atom. The highest BCUT2D eigenvalue weighted by atomic mass is 32.2. The second kappa shape index (κ2) is 5.93. The smallest absolute Gasteiger partial charge is 0.369 e. The molecule has 0 atom stereocenters. The summed E-state index contributed by atoms with van der Waals surface area (Å²) in [7, 11) is 0. The lowest BCUT2D eigenvalue weighted by Crippen LogP contribution is -2.07. The highest BCUT2D eigenvalue weighted by Gasteiger charge is 2.15. The number of aromatic nitrogens is 4. The van der Waals surface area contributed by atoms with Crippen molar-refractivity contribution in [3.05, 3.63) is 27.1 Å². The Kier molecular flexibility index (Phi) is 4.27. The van der Waals surface area contributed by atoms with Gasteiger partial charge in [-0.3, -0.25) is 4.79 Å². The Balaban J connectivity index is 2.15. The van der Waals surface area contributed by atoms with Gasteiger partial charge in [-0.25, -0.2) is 9.78 Å². The number of nitrogens with one attached hydrogen (secondary N) is 1. The molecule has 7 nitrogen and oxygen atoms in total. The molecule has 0 fully saturated rings. The molecule has 0 saturated carbocycles. The van der Waals surface area contributed by atoms with Crippen molar-refractivity contribution in [2.75, 3.05) is 6.61 Å². The first-order chi connectivity index (χ1) is 9.08. The molecule has 0 aliphatic rings. The SMILES string of the molecule is CCOC(=O)c1nnc(Sc2nc(C)cc(=O)[nH]2)s1. The average molecular weight is 298 g/mol. The molecule has 19 heavy (non-hydrogen) atoms. The van der Waals surface area contributed by atoms with Crippen LogP contribution in [0.4, 0.5) is 0 Å². The number of esters is 1. The number of aryl methyl sites for hydroxylation is 1. The molecule has 1 N–H and O–H groups in total. The van der Waals surface area contributed by atoms with Crippen molar-refractivity contribution in [1.82, 2.24) is 20.2 Å². The van der Waals surface area contributed by atoms with Crippen LogP contribution in [0, 0.1) is 6.92 Å². The Labute approximate surface area is 116 Å². The lowest BCUT2D eigenvalue weighted by molar-refractivity contribution is 0.0525. The summed E-state index contributed by atoms with van der Waals surface area (Å²) < 4.78 is 5.33. The predicted octanol–water partition coefficient (Wildman–Crippen LogP) is 1.26. The lowest BCUT2D eigenvalue weighted by Gasteiger charge is -1.97. The first-order valence-corrected chi connectivity index (χ1v) is 6.98. The van der Waals surface area contributed by atoms with Gasteiger partial charge in [0.25, 0.3) is 5.56 Å². The van der Waals surface area contributed by atoms with Crippen LogP contribution in [0.25, 0.3) is 0 Å². The molecule has 100 valence electrons. The number of ether oxygens (including phenoxy) is 1. The molecule has 2 aromatic heterocycles. The normalized spacial score (nSPS) is 10.4. The molecule has 0 aromatic carbocycles. The van der Waals surface area contributed by atoms with Gasteiger partial charge in [0, 0.05) is 11.8 Å². The summed E-state index contributed by atoms with van der Waals surface area (Å²) in [5.41, 5.74) is 0.381. The van der Waals surface area contributed by atoms with Crippen LogP contribution in [0.2, 0.25) is 0 Å². The van der Waals surface area contributed by atoms with Crippen LogP contribution < -0.4 is 5.56 Å². The first kappa shape index (κ1) is 13.7. The molecule has 0 unspecified atom stereocenters. The second-order valence-corrected chi connectivity index (χ2v) is 5.60. The third-order valence-corrected chi connectivity index (χ3v) is 3.73. The molecule has 0 spiro atoms. The molecule has 0 amide bonds. The quantitative estimate of drug-likeness (QED) is 0.670. The van der Waals surface area contributed by atoms with Gasteiger partial charge in [0.1, 0.15) is 0 Å². The van der Waals surface area contributed by atoms with Crippen LogP contribution >= 0.6 is 23.1 Å². The van der Waals surface area contributed by atoms with Crippen LogP contribution in [0.3, 0.4) is 0 Å². The summed E-state index contributed by atoms with van der Waals surface area (Å²) >= 11 is 2.23. The number of H-pyrrole nitrogens is 1. The van der Waals surface area contributed by atoms with Crippen molar-refractivity contribution in [3.63, 3.8) is 0 Å². The van der Waals surface area contributed by atoms with E-state index in [4.69, 9.17) is 4.74 Å². The van der Waals surface area contributed by atoms with Gasteiger partial charge < -0.3 is 9.72 Å². The number of nitrogens with zero attached hydrogens (tertiary/aromatic N) is 3. The molecule has 2 heterocycles. The Bertz CT molecular complexity index is 652. The maximum absolute atomic E-state index is 11.4. The van der Waals surface area contributed by atoms with Gasteiger partial charge in [-0.05, 0) is 25.6 Å². The van der Waals surface area contributed by atoms with Crippen molar-refractivity contribution >= 4 is 29.1 Å². The average Bonchev–Trinajstić information content (AvgIpc) is 2.76. The Hall–Kier alpha value is -1.74. The maximum atomic E-state index is 11.4. The fourth-order valence-corrected chi connectivity index (χ4v) is 2.91. The zero-order chi connectivity index (χ0) is 13.8. The van der Waals surface area contributed by atoms with Crippen molar-refractivity contribution in [1.29, 1.82) is 0 Å². The van der Waals surface area contributed by atoms with Gasteiger partial charge in [0.15, 0.2) is 9.50 Å². The third kappa shape index (κ3) is 3.61. The van der Waals surface area contributed by atoms with Gasteiger partial charge in [0.05, 0.1) is 6.61 Å². The van der Waals surface area contributed by atoms with E-state index in [1.165, 1.54) is 6.07 Å². The number of carbonyl (C=O) groups excluding carboxylic acids is 1. The molecule has 2 rings (SSSR count). The molecule has 0 aliphatic heterocycles. The summed E-state index contributed by atoms with van der Waals surface area (Å²) in [5, 5.41) is 8.17. The second-order valence-electron chi connectivity index (χ2n) is 3.39. The summed E-state index contributed by atoms with van der Waals surface area (Å²) in [4.78, 5) is 29.4. The predicted molar refractivity (Wildman–Crippen MR) is 69.6 cm³/mol. The van der Waals surface area contributed by atoms with E-state index < -0.39 is 5.97 Å². The number of rotatable bonds is 4. The molecular formula is C10H10N4O3S2. The number of hydrogen-bond donors (Lipinski definition) is 1. The van der Waals surface area contributed by atoms with Gasteiger partial charge >= 0.3 is 5.97 Å². The van der Waals surface area contributed by atoms with Crippen LogP contribution in [-0.2, 0) is 4.74 Å². The minimum Gasteiger partial charge on any atom is -0.461 e. The summed E-state index contributed by atoms with van der Waals surface area (Å²) in [6, 6.07) is 1.40. The number of aromatic amines is 1. The van der Waals surface area contributed by atoms with E-state index in [9.17, 15) is 9.59 Å². The molecule has 9 heteroatoms.